The van der Waals surface area contributed by atoms with E-state index in [0.29, 0.717) is 5.56 Å². The molecule has 0 bridgehead atoms. The molecule has 0 spiro atoms. The molecule has 2 aromatic rings. The SMILES string of the molecule is Cc1c(Cl)[nH]c(=O)n(C(C)c2ccccc2)c1=O. The van der Waals surface area contributed by atoms with Crippen molar-refractivity contribution in [3.8, 4) is 0 Å². The van der Waals surface area contributed by atoms with Crippen molar-refractivity contribution in [1.29, 1.82) is 0 Å². The van der Waals surface area contributed by atoms with Gasteiger partial charge in [0.05, 0.1) is 6.04 Å². The first-order valence-corrected chi connectivity index (χ1v) is 5.96. The molecule has 1 unspecified atom stereocenters. The fourth-order valence-electron chi connectivity index (χ4n) is 1.85. The van der Waals surface area contributed by atoms with Crippen LogP contribution in [-0.4, -0.2) is 9.55 Å². The summed E-state index contributed by atoms with van der Waals surface area (Å²) in [4.78, 5) is 26.4. The topological polar surface area (TPSA) is 54.9 Å². The van der Waals surface area contributed by atoms with Gasteiger partial charge in [-0.3, -0.25) is 14.3 Å². The molecular weight excluding hydrogens is 252 g/mol. The van der Waals surface area contributed by atoms with Crippen LogP contribution in [0.2, 0.25) is 5.15 Å². The molecule has 0 fully saturated rings. The van der Waals surface area contributed by atoms with Crippen molar-refractivity contribution in [2.45, 2.75) is 19.9 Å². The first-order chi connectivity index (χ1) is 8.52. The molecular formula is C13H13ClN2O2. The van der Waals surface area contributed by atoms with Crippen molar-refractivity contribution in [2.75, 3.05) is 0 Å². The van der Waals surface area contributed by atoms with Gasteiger partial charge in [-0.05, 0) is 19.4 Å². The molecule has 2 rings (SSSR count). The van der Waals surface area contributed by atoms with E-state index in [1.54, 1.807) is 13.8 Å². The molecule has 0 saturated heterocycles. The third-order valence-corrected chi connectivity index (χ3v) is 3.35. The Morgan fingerprint density at radius 2 is 1.83 bits per heavy atom. The van der Waals surface area contributed by atoms with Gasteiger partial charge in [0.15, 0.2) is 0 Å². The van der Waals surface area contributed by atoms with Crippen LogP contribution < -0.4 is 11.2 Å². The third-order valence-electron chi connectivity index (χ3n) is 2.97. The second-order valence-corrected chi connectivity index (χ2v) is 4.51. The van der Waals surface area contributed by atoms with Crippen molar-refractivity contribution in [1.82, 2.24) is 9.55 Å². The molecule has 1 aromatic carbocycles. The first kappa shape index (κ1) is 12.6. The van der Waals surface area contributed by atoms with E-state index in [1.807, 2.05) is 30.3 Å². The Hall–Kier alpha value is -1.81. The van der Waals surface area contributed by atoms with E-state index in [2.05, 4.69) is 4.98 Å². The lowest BCUT2D eigenvalue weighted by Crippen LogP contribution is -2.38. The van der Waals surface area contributed by atoms with Gasteiger partial charge in [-0.2, -0.15) is 0 Å². The van der Waals surface area contributed by atoms with Crippen LogP contribution in [0.4, 0.5) is 0 Å². The summed E-state index contributed by atoms with van der Waals surface area (Å²) in [5.74, 6) is 0. The van der Waals surface area contributed by atoms with E-state index in [1.165, 1.54) is 4.57 Å². The highest BCUT2D eigenvalue weighted by Gasteiger charge is 2.15. The highest BCUT2D eigenvalue weighted by atomic mass is 35.5. The Morgan fingerprint density at radius 3 is 2.44 bits per heavy atom. The second-order valence-electron chi connectivity index (χ2n) is 4.13. The highest BCUT2D eigenvalue weighted by Crippen LogP contribution is 2.14. The molecule has 0 aliphatic heterocycles. The molecule has 0 saturated carbocycles. The maximum absolute atomic E-state index is 12.1. The molecule has 0 aliphatic rings. The predicted molar refractivity (Wildman–Crippen MR) is 71.3 cm³/mol. The average molecular weight is 265 g/mol. The highest BCUT2D eigenvalue weighted by molar-refractivity contribution is 6.30. The minimum Gasteiger partial charge on any atom is -0.297 e. The monoisotopic (exact) mass is 264 g/mol. The maximum atomic E-state index is 12.1. The zero-order chi connectivity index (χ0) is 13.3. The Kier molecular flexibility index (Phi) is 3.39. The smallest absolute Gasteiger partial charge is 0.297 e. The molecule has 5 heteroatoms. The van der Waals surface area contributed by atoms with E-state index >= 15 is 0 Å². The molecule has 1 heterocycles. The van der Waals surface area contributed by atoms with Crippen molar-refractivity contribution in [3.05, 3.63) is 67.4 Å². The molecule has 1 aromatic heterocycles. The van der Waals surface area contributed by atoms with Gasteiger partial charge in [0.1, 0.15) is 5.15 Å². The van der Waals surface area contributed by atoms with E-state index in [4.69, 9.17) is 11.6 Å². The average Bonchev–Trinajstić information content (AvgIpc) is 2.37. The van der Waals surface area contributed by atoms with Gasteiger partial charge in [0.2, 0.25) is 0 Å². The molecule has 94 valence electrons. The van der Waals surface area contributed by atoms with E-state index in [-0.39, 0.29) is 16.8 Å². The van der Waals surface area contributed by atoms with Crippen LogP contribution in [0.15, 0.2) is 39.9 Å². The molecule has 0 amide bonds. The number of benzene rings is 1. The largest absolute Gasteiger partial charge is 0.330 e. The van der Waals surface area contributed by atoms with Crippen molar-refractivity contribution in [3.63, 3.8) is 0 Å². The van der Waals surface area contributed by atoms with Gasteiger partial charge < -0.3 is 0 Å². The summed E-state index contributed by atoms with van der Waals surface area (Å²) in [6, 6.07) is 9.04. The fourth-order valence-corrected chi connectivity index (χ4v) is 2.01. The van der Waals surface area contributed by atoms with Crippen molar-refractivity contribution < 1.29 is 0 Å². The zero-order valence-corrected chi connectivity index (χ0v) is 10.9. The van der Waals surface area contributed by atoms with Gasteiger partial charge in [-0.25, -0.2) is 4.79 Å². The number of hydrogen-bond acceptors (Lipinski definition) is 2. The Bertz CT molecular complexity index is 674. The summed E-state index contributed by atoms with van der Waals surface area (Å²) in [6.07, 6.45) is 0. The number of rotatable bonds is 2. The summed E-state index contributed by atoms with van der Waals surface area (Å²) in [5, 5.41) is 0.0986. The lowest BCUT2D eigenvalue weighted by Gasteiger charge is -2.15. The number of aromatic nitrogens is 2. The number of nitrogens with zero attached hydrogens (tertiary/aromatic N) is 1. The summed E-state index contributed by atoms with van der Waals surface area (Å²) in [5.41, 5.74) is 0.387. The van der Waals surface area contributed by atoms with E-state index in [0.717, 1.165) is 5.56 Å². The van der Waals surface area contributed by atoms with Crippen molar-refractivity contribution in [2.24, 2.45) is 0 Å². The Labute approximate surface area is 109 Å². The van der Waals surface area contributed by atoms with Crippen LogP contribution in [0.3, 0.4) is 0 Å². The summed E-state index contributed by atoms with van der Waals surface area (Å²) < 4.78 is 1.18. The Balaban J connectivity index is 2.63. The van der Waals surface area contributed by atoms with Crippen LogP contribution >= 0.6 is 11.6 Å². The van der Waals surface area contributed by atoms with E-state index in [9.17, 15) is 9.59 Å². The maximum Gasteiger partial charge on any atom is 0.330 e. The molecule has 4 nitrogen and oxygen atoms in total. The quantitative estimate of drug-likeness (QED) is 0.845. The minimum absolute atomic E-state index is 0.0986. The van der Waals surface area contributed by atoms with Gasteiger partial charge in [-0.1, -0.05) is 41.9 Å². The van der Waals surface area contributed by atoms with Crippen LogP contribution in [-0.2, 0) is 0 Å². The second kappa shape index (κ2) is 4.82. The standard InChI is InChI=1S/C13H13ClN2O2/c1-8-11(14)15-13(18)16(12(8)17)9(2)10-6-4-3-5-7-10/h3-7,9H,1-2H3,(H,15,18). The fraction of sp³-hybridized carbons (Fsp3) is 0.231. The number of H-pyrrole nitrogens is 1. The van der Waals surface area contributed by atoms with Crippen LogP contribution in [0.1, 0.15) is 24.1 Å². The summed E-state index contributed by atoms with van der Waals surface area (Å²) >= 11 is 5.77. The third kappa shape index (κ3) is 2.11. The first-order valence-electron chi connectivity index (χ1n) is 5.58. The lowest BCUT2D eigenvalue weighted by molar-refractivity contribution is 0.574. The van der Waals surface area contributed by atoms with Crippen LogP contribution in [0.5, 0.6) is 0 Å². The number of halogens is 1. The predicted octanol–water partition coefficient (Wildman–Crippen LogP) is 2.11. The number of nitrogens with one attached hydrogen (secondary N) is 1. The van der Waals surface area contributed by atoms with Crippen LogP contribution in [0.25, 0.3) is 0 Å². The normalized spacial score (nSPS) is 12.4. The minimum atomic E-state index is -0.494. The van der Waals surface area contributed by atoms with Gasteiger partial charge in [0.25, 0.3) is 5.56 Å². The van der Waals surface area contributed by atoms with Gasteiger partial charge in [0, 0.05) is 5.56 Å². The van der Waals surface area contributed by atoms with Crippen molar-refractivity contribution >= 4 is 11.6 Å². The van der Waals surface area contributed by atoms with Gasteiger partial charge >= 0.3 is 5.69 Å². The van der Waals surface area contributed by atoms with E-state index < -0.39 is 5.69 Å². The lowest BCUT2D eigenvalue weighted by atomic mass is 10.1. The molecule has 1 atom stereocenters. The molecule has 1 N–H and O–H groups in total. The molecule has 0 aliphatic carbocycles. The number of aromatic amines is 1. The Morgan fingerprint density at radius 1 is 1.22 bits per heavy atom. The summed E-state index contributed by atoms with van der Waals surface area (Å²) in [7, 11) is 0. The van der Waals surface area contributed by atoms with Gasteiger partial charge in [-0.15, -0.1) is 0 Å². The molecule has 0 radical (unpaired) electrons. The summed E-state index contributed by atoms with van der Waals surface area (Å²) in [6.45, 7) is 3.40. The van der Waals surface area contributed by atoms with Crippen LogP contribution in [0, 0.1) is 6.92 Å². The number of hydrogen-bond donors (Lipinski definition) is 1. The molecule has 18 heavy (non-hydrogen) atoms. The zero-order valence-electron chi connectivity index (χ0n) is 10.1.